The number of halogens is 3. The lowest BCUT2D eigenvalue weighted by atomic mass is 10.0. The van der Waals surface area contributed by atoms with Gasteiger partial charge in [-0.25, -0.2) is 9.78 Å². The lowest BCUT2D eigenvalue weighted by molar-refractivity contribution is -0.148. The molecule has 114 valence electrons. The number of benzene rings is 1. The second-order valence-electron chi connectivity index (χ2n) is 5.44. The molecule has 0 aliphatic carbocycles. The van der Waals surface area contributed by atoms with Crippen LogP contribution in [0.5, 0.6) is 0 Å². The van der Waals surface area contributed by atoms with Crippen molar-refractivity contribution in [3.63, 3.8) is 0 Å². The Morgan fingerprint density at radius 1 is 1.33 bits per heavy atom. The molecule has 0 bridgehead atoms. The minimum absolute atomic E-state index is 0.0655. The van der Waals surface area contributed by atoms with Crippen LogP contribution >= 0.6 is 0 Å². The predicted molar refractivity (Wildman–Crippen MR) is 71.3 cm³/mol. The molecule has 1 aromatic carbocycles. The molecule has 2 aromatic rings. The van der Waals surface area contributed by atoms with Gasteiger partial charge in [0.05, 0.1) is 16.6 Å². The summed E-state index contributed by atoms with van der Waals surface area (Å²) in [5.74, 6) is -2.19. The molecule has 4 nitrogen and oxygen atoms in total. The number of hydrogen-bond acceptors (Lipinski definition) is 2. The van der Waals surface area contributed by atoms with Crippen LogP contribution in [0.3, 0.4) is 0 Å². The van der Waals surface area contributed by atoms with Gasteiger partial charge in [-0.2, -0.15) is 13.2 Å². The molecule has 0 atom stereocenters. The van der Waals surface area contributed by atoms with Crippen LogP contribution < -0.4 is 0 Å². The van der Waals surface area contributed by atoms with Crippen LogP contribution in [0.1, 0.15) is 43.4 Å². The summed E-state index contributed by atoms with van der Waals surface area (Å²) in [6.07, 6.45) is -4.16. The minimum atomic E-state index is -4.60. The number of carboxylic acid groups (broad SMARTS) is 1. The third-order valence-corrected chi connectivity index (χ3v) is 3.63. The highest BCUT2D eigenvalue weighted by Crippen LogP contribution is 2.36. The molecule has 1 N–H and O–H groups in total. The fourth-order valence-electron chi connectivity index (χ4n) is 2.17. The Hall–Kier alpha value is -2.05. The molecule has 0 aliphatic heterocycles. The molecule has 2 rings (SSSR count). The van der Waals surface area contributed by atoms with Gasteiger partial charge in [0.25, 0.3) is 0 Å². The standard InChI is InChI=1S/C14H15F3N2O2/c1-4-13(2,3)19-10-7-8(11(20)21)5-6-9(10)18-12(19)14(15,16)17/h5-7H,4H2,1-3H3,(H,20,21). The zero-order valence-electron chi connectivity index (χ0n) is 11.8. The van der Waals surface area contributed by atoms with Crippen molar-refractivity contribution in [2.45, 2.75) is 38.9 Å². The number of aromatic carboxylic acids is 1. The predicted octanol–water partition coefficient (Wildman–Crippen LogP) is 3.90. The van der Waals surface area contributed by atoms with Gasteiger partial charge in [-0.05, 0) is 38.5 Å². The zero-order chi connectivity index (χ0) is 16.0. The second-order valence-corrected chi connectivity index (χ2v) is 5.44. The number of nitrogens with zero attached hydrogens (tertiary/aromatic N) is 2. The second kappa shape index (κ2) is 4.75. The van der Waals surface area contributed by atoms with Crippen molar-refractivity contribution >= 4 is 17.0 Å². The summed E-state index contributed by atoms with van der Waals surface area (Å²) < 4.78 is 40.7. The van der Waals surface area contributed by atoms with Gasteiger partial charge < -0.3 is 9.67 Å². The summed E-state index contributed by atoms with van der Waals surface area (Å²) >= 11 is 0. The van der Waals surface area contributed by atoms with Crippen molar-refractivity contribution in [1.29, 1.82) is 0 Å². The maximum Gasteiger partial charge on any atom is 0.449 e. The molecule has 1 aromatic heterocycles. The molecule has 0 unspecified atom stereocenters. The Morgan fingerprint density at radius 2 is 1.95 bits per heavy atom. The number of carboxylic acids is 1. The first-order chi connectivity index (χ1) is 9.58. The van der Waals surface area contributed by atoms with Crippen LogP contribution in [0.4, 0.5) is 13.2 Å². The number of hydrogen-bond donors (Lipinski definition) is 1. The first-order valence-electron chi connectivity index (χ1n) is 6.41. The minimum Gasteiger partial charge on any atom is -0.478 e. The van der Waals surface area contributed by atoms with Gasteiger partial charge >= 0.3 is 12.1 Å². The smallest absolute Gasteiger partial charge is 0.449 e. The molecule has 0 saturated heterocycles. The Bertz CT molecular complexity index is 702. The molecule has 0 saturated carbocycles. The number of alkyl halides is 3. The SMILES string of the molecule is CCC(C)(C)n1c(C(F)(F)F)nc2ccc(C(=O)O)cc21. The molecule has 0 radical (unpaired) electrons. The Kier molecular flexibility index (Phi) is 3.47. The Balaban J connectivity index is 2.86. The van der Waals surface area contributed by atoms with E-state index in [1.165, 1.54) is 18.2 Å². The maximum atomic E-state index is 13.2. The summed E-state index contributed by atoms with van der Waals surface area (Å²) in [6.45, 7) is 5.10. The van der Waals surface area contributed by atoms with E-state index < -0.39 is 23.5 Å². The van der Waals surface area contributed by atoms with Crippen molar-refractivity contribution in [2.75, 3.05) is 0 Å². The van der Waals surface area contributed by atoms with Crippen LogP contribution in [0, 0.1) is 0 Å². The average molecular weight is 300 g/mol. The summed E-state index contributed by atoms with van der Waals surface area (Å²) in [5, 5.41) is 9.01. The number of imidazole rings is 1. The molecular weight excluding hydrogens is 285 g/mol. The van der Waals surface area contributed by atoms with Crippen LogP contribution in [-0.2, 0) is 11.7 Å². The number of aromatic nitrogens is 2. The topological polar surface area (TPSA) is 55.1 Å². The molecule has 0 fully saturated rings. The van der Waals surface area contributed by atoms with Gasteiger partial charge in [0.2, 0.25) is 5.82 Å². The van der Waals surface area contributed by atoms with Gasteiger partial charge in [-0.3, -0.25) is 0 Å². The van der Waals surface area contributed by atoms with Crippen LogP contribution in [0.25, 0.3) is 11.0 Å². The number of rotatable bonds is 3. The summed E-state index contributed by atoms with van der Waals surface area (Å²) in [5.41, 5.74) is -0.594. The van der Waals surface area contributed by atoms with E-state index in [0.29, 0.717) is 6.42 Å². The van der Waals surface area contributed by atoms with E-state index >= 15 is 0 Å². The van der Waals surface area contributed by atoms with Crippen LogP contribution in [-0.4, -0.2) is 20.6 Å². The van der Waals surface area contributed by atoms with Crippen molar-refractivity contribution in [1.82, 2.24) is 9.55 Å². The van der Waals surface area contributed by atoms with E-state index in [1.807, 2.05) is 0 Å². The van der Waals surface area contributed by atoms with E-state index in [4.69, 9.17) is 5.11 Å². The largest absolute Gasteiger partial charge is 0.478 e. The number of fused-ring (bicyclic) bond motifs is 1. The van der Waals surface area contributed by atoms with Crippen LogP contribution in [0.15, 0.2) is 18.2 Å². The summed E-state index contributed by atoms with van der Waals surface area (Å²) in [7, 11) is 0. The quantitative estimate of drug-likeness (QED) is 0.935. The van der Waals surface area contributed by atoms with E-state index in [0.717, 1.165) is 4.57 Å². The lowest BCUT2D eigenvalue weighted by Crippen LogP contribution is -2.30. The first kappa shape index (κ1) is 15.3. The fourth-order valence-corrected chi connectivity index (χ4v) is 2.17. The number of carbonyl (C=O) groups is 1. The lowest BCUT2D eigenvalue weighted by Gasteiger charge is -2.28. The molecule has 21 heavy (non-hydrogen) atoms. The van der Waals surface area contributed by atoms with Gasteiger partial charge in [0, 0.05) is 5.54 Å². The Labute approximate surface area is 119 Å². The highest BCUT2D eigenvalue weighted by molar-refractivity contribution is 5.92. The van der Waals surface area contributed by atoms with E-state index in [9.17, 15) is 18.0 Å². The molecule has 7 heteroatoms. The Morgan fingerprint density at radius 3 is 2.43 bits per heavy atom. The summed E-state index contributed by atoms with van der Waals surface area (Å²) in [6, 6.07) is 3.79. The fraction of sp³-hybridized carbons (Fsp3) is 0.429. The van der Waals surface area contributed by atoms with Crippen LogP contribution in [0.2, 0.25) is 0 Å². The van der Waals surface area contributed by atoms with Crippen molar-refractivity contribution < 1.29 is 23.1 Å². The van der Waals surface area contributed by atoms with E-state index in [2.05, 4.69) is 4.98 Å². The van der Waals surface area contributed by atoms with Crippen molar-refractivity contribution in [3.8, 4) is 0 Å². The first-order valence-corrected chi connectivity index (χ1v) is 6.41. The zero-order valence-corrected chi connectivity index (χ0v) is 11.8. The van der Waals surface area contributed by atoms with Gasteiger partial charge in [0.15, 0.2) is 0 Å². The van der Waals surface area contributed by atoms with E-state index in [-0.39, 0.29) is 16.6 Å². The third-order valence-electron chi connectivity index (χ3n) is 3.63. The molecule has 1 heterocycles. The highest BCUT2D eigenvalue weighted by atomic mass is 19.4. The molecular formula is C14H15F3N2O2. The van der Waals surface area contributed by atoms with Gasteiger partial charge in [-0.15, -0.1) is 0 Å². The van der Waals surface area contributed by atoms with Gasteiger partial charge in [-0.1, -0.05) is 6.92 Å². The average Bonchev–Trinajstić information content (AvgIpc) is 2.77. The van der Waals surface area contributed by atoms with E-state index in [1.54, 1.807) is 20.8 Å². The monoisotopic (exact) mass is 300 g/mol. The molecule has 0 amide bonds. The van der Waals surface area contributed by atoms with Gasteiger partial charge in [0.1, 0.15) is 0 Å². The third kappa shape index (κ3) is 2.59. The molecule has 0 aliphatic rings. The highest BCUT2D eigenvalue weighted by Gasteiger charge is 2.41. The van der Waals surface area contributed by atoms with Crippen molar-refractivity contribution in [3.05, 3.63) is 29.6 Å². The molecule has 0 spiro atoms. The van der Waals surface area contributed by atoms with Crippen molar-refractivity contribution in [2.24, 2.45) is 0 Å². The maximum absolute atomic E-state index is 13.2. The summed E-state index contributed by atoms with van der Waals surface area (Å²) in [4.78, 5) is 14.7. The normalized spacial score (nSPS) is 12.9.